The third kappa shape index (κ3) is 4.49. The first-order valence-electron chi connectivity index (χ1n) is 8.03. The highest BCUT2D eigenvalue weighted by Crippen LogP contribution is 2.28. The van der Waals surface area contributed by atoms with Crippen LogP contribution in [0.2, 0.25) is 0 Å². The molecule has 0 saturated carbocycles. The molecule has 2 heterocycles. The van der Waals surface area contributed by atoms with Crippen LogP contribution in [0.25, 0.3) is 6.08 Å². The molecule has 1 aromatic heterocycles. The topological polar surface area (TPSA) is 13.1 Å². The molecule has 1 heteroatoms. The lowest BCUT2D eigenvalue weighted by Gasteiger charge is -2.16. The van der Waals surface area contributed by atoms with Crippen LogP contribution in [0.4, 0.5) is 0 Å². The van der Waals surface area contributed by atoms with Crippen molar-refractivity contribution in [2.24, 2.45) is 5.92 Å². The van der Waals surface area contributed by atoms with Crippen LogP contribution in [0.5, 0.6) is 0 Å². The molecule has 0 aliphatic carbocycles. The van der Waals surface area contributed by atoms with Gasteiger partial charge in [0.1, 0.15) is 11.5 Å². The van der Waals surface area contributed by atoms with Crippen molar-refractivity contribution in [3.8, 4) is 0 Å². The van der Waals surface area contributed by atoms with E-state index in [1.54, 1.807) is 0 Å². The largest absolute Gasteiger partial charge is 0.461 e. The standard InChI is InChI=1S/C20H28O/c1-14(2)18-10-9-15(3)7-6-8-16(4)11-19-12-17(5)20(13-18)21-19/h7,11-12,18H,1,6,8-10,13H2,2-5H3/b15-7+,16-11+/t18-/m0/s1. The molecule has 0 radical (unpaired) electrons. The van der Waals surface area contributed by atoms with Crippen molar-refractivity contribution in [2.45, 2.75) is 59.8 Å². The predicted molar refractivity (Wildman–Crippen MR) is 91.3 cm³/mol. The zero-order valence-corrected chi connectivity index (χ0v) is 14.0. The summed E-state index contributed by atoms with van der Waals surface area (Å²) in [5.74, 6) is 2.64. The van der Waals surface area contributed by atoms with E-state index in [1.165, 1.54) is 28.7 Å². The molecule has 2 bridgehead atoms. The summed E-state index contributed by atoms with van der Waals surface area (Å²) in [5.41, 5.74) is 5.42. The average Bonchev–Trinajstić information content (AvgIpc) is 2.73. The third-order valence-corrected chi connectivity index (χ3v) is 4.48. The predicted octanol–water partition coefficient (Wildman–Crippen LogP) is 6.25. The Balaban J connectivity index is 2.32. The van der Waals surface area contributed by atoms with Gasteiger partial charge in [0.2, 0.25) is 0 Å². The maximum Gasteiger partial charge on any atom is 0.127 e. The quantitative estimate of drug-likeness (QED) is 0.556. The molecular weight excluding hydrogens is 256 g/mol. The average molecular weight is 284 g/mol. The van der Waals surface area contributed by atoms with Crippen molar-refractivity contribution < 1.29 is 4.42 Å². The second-order valence-corrected chi connectivity index (χ2v) is 6.62. The van der Waals surface area contributed by atoms with Crippen LogP contribution in [0.3, 0.4) is 0 Å². The van der Waals surface area contributed by atoms with Crippen LogP contribution in [0, 0.1) is 12.8 Å². The summed E-state index contributed by atoms with van der Waals surface area (Å²) >= 11 is 0. The molecule has 2 rings (SSSR count). The zero-order chi connectivity index (χ0) is 15.4. The lowest BCUT2D eigenvalue weighted by Crippen LogP contribution is -2.06. The Kier molecular flexibility index (Phi) is 5.27. The molecule has 1 nitrogen and oxygen atoms in total. The number of hydrogen-bond acceptors (Lipinski definition) is 1. The lowest BCUT2D eigenvalue weighted by atomic mass is 9.89. The van der Waals surface area contributed by atoms with E-state index >= 15 is 0 Å². The first-order valence-corrected chi connectivity index (χ1v) is 8.03. The third-order valence-electron chi connectivity index (χ3n) is 4.48. The van der Waals surface area contributed by atoms with Crippen molar-refractivity contribution in [1.82, 2.24) is 0 Å². The lowest BCUT2D eigenvalue weighted by molar-refractivity contribution is 0.446. The summed E-state index contributed by atoms with van der Waals surface area (Å²) in [6.07, 6.45) is 10.1. The molecule has 114 valence electrons. The summed E-state index contributed by atoms with van der Waals surface area (Å²) in [7, 11) is 0. The highest BCUT2D eigenvalue weighted by atomic mass is 16.3. The van der Waals surface area contributed by atoms with Crippen molar-refractivity contribution in [2.75, 3.05) is 0 Å². The van der Waals surface area contributed by atoms with Gasteiger partial charge in [0.05, 0.1) is 0 Å². The molecule has 0 fully saturated rings. The molecule has 21 heavy (non-hydrogen) atoms. The van der Waals surface area contributed by atoms with Crippen molar-refractivity contribution in [1.29, 1.82) is 0 Å². The zero-order valence-electron chi connectivity index (χ0n) is 14.0. The van der Waals surface area contributed by atoms with Crippen LogP contribution >= 0.6 is 0 Å². The number of allylic oxidation sites excluding steroid dienone is 4. The van der Waals surface area contributed by atoms with E-state index in [1.807, 2.05) is 0 Å². The summed E-state index contributed by atoms with van der Waals surface area (Å²) in [6.45, 7) is 12.9. The van der Waals surface area contributed by atoms with Gasteiger partial charge < -0.3 is 4.42 Å². The summed E-state index contributed by atoms with van der Waals surface area (Å²) < 4.78 is 6.07. The van der Waals surface area contributed by atoms with E-state index in [9.17, 15) is 0 Å². The van der Waals surface area contributed by atoms with E-state index in [2.05, 4.69) is 52.5 Å². The molecule has 0 amide bonds. The van der Waals surface area contributed by atoms with Crippen molar-refractivity contribution in [3.05, 3.63) is 52.5 Å². The molecule has 0 spiro atoms. The van der Waals surface area contributed by atoms with Gasteiger partial charge in [-0.2, -0.15) is 0 Å². The smallest absolute Gasteiger partial charge is 0.127 e. The number of aryl methyl sites for hydroxylation is 1. The Morgan fingerprint density at radius 3 is 2.67 bits per heavy atom. The Morgan fingerprint density at radius 2 is 1.95 bits per heavy atom. The minimum atomic E-state index is 0.511. The molecule has 0 N–H and O–H groups in total. The van der Waals surface area contributed by atoms with Gasteiger partial charge >= 0.3 is 0 Å². The van der Waals surface area contributed by atoms with Gasteiger partial charge in [-0.15, -0.1) is 0 Å². The van der Waals surface area contributed by atoms with E-state index in [0.717, 1.165) is 37.2 Å². The van der Waals surface area contributed by atoms with E-state index in [-0.39, 0.29) is 0 Å². The second kappa shape index (κ2) is 6.98. The fourth-order valence-electron chi connectivity index (χ4n) is 2.93. The number of hydrogen-bond donors (Lipinski definition) is 0. The monoisotopic (exact) mass is 284 g/mol. The van der Waals surface area contributed by atoms with Gasteiger partial charge in [0.25, 0.3) is 0 Å². The number of furan rings is 1. The Morgan fingerprint density at radius 1 is 1.19 bits per heavy atom. The SMILES string of the molecule is C=C(C)[C@H]1CC/C(C)=C/CC/C(C)=C/c2cc(C)c(o2)C1. The molecule has 0 aromatic carbocycles. The molecule has 1 aliphatic heterocycles. The van der Waals surface area contributed by atoms with Gasteiger partial charge in [-0.3, -0.25) is 0 Å². The minimum absolute atomic E-state index is 0.511. The molecule has 0 saturated heterocycles. The highest BCUT2D eigenvalue weighted by molar-refractivity contribution is 5.48. The Hall–Kier alpha value is -1.50. The van der Waals surface area contributed by atoms with Crippen LogP contribution in [0.1, 0.15) is 63.5 Å². The fraction of sp³-hybridized carbons (Fsp3) is 0.500. The number of rotatable bonds is 1. The van der Waals surface area contributed by atoms with Crippen LogP contribution < -0.4 is 0 Å². The summed E-state index contributed by atoms with van der Waals surface area (Å²) in [6, 6.07) is 2.17. The van der Waals surface area contributed by atoms with Crippen LogP contribution in [0.15, 0.2) is 39.9 Å². The molecule has 0 unspecified atom stereocenters. The first kappa shape index (κ1) is 15.9. The Labute approximate surface area is 129 Å². The van der Waals surface area contributed by atoms with E-state index in [0.29, 0.717) is 5.92 Å². The Bertz CT molecular complexity index is 569. The molecule has 1 aromatic rings. The number of fused-ring (bicyclic) bond motifs is 2. The highest BCUT2D eigenvalue weighted by Gasteiger charge is 2.16. The molecular formula is C20H28O. The van der Waals surface area contributed by atoms with Gasteiger partial charge in [0.15, 0.2) is 0 Å². The van der Waals surface area contributed by atoms with Crippen LogP contribution in [-0.4, -0.2) is 0 Å². The first-order chi connectivity index (χ1) is 9.95. The normalized spacial score (nSPS) is 25.6. The maximum atomic E-state index is 6.07. The van der Waals surface area contributed by atoms with Crippen molar-refractivity contribution >= 4 is 6.08 Å². The second-order valence-electron chi connectivity index (χ2n) is 6.62. The maximum absolute atomic E-state index is 6.07. The van der Waals surface area contributed by atoms with E-state index < -0.39 is 0 Å². The molecule has 1 aliphatic rings. The summed E-state index contributed by atoms with van der Waals surface area (Å²) in [5, 5.41) is 0. The van der Waals surface area contributed by atoms with Crippen molar-refractivity contribution in [3.63, 3.8) is 0 Å². The molecule has 1 atom stereocenters. The van der Waals surface area contributed by atoms with Gasteiger partial charge in [-0.25, -0.2) is 0 Å². The van der Waals surface area contributed by atoms with Crippen LogP contribution in [-0.2, 0) is 6.42 Å². The van der Waals surface area contributed by atoms with E-state index in [4.69, 9.17) is 4.42 Å². The fourth-order valence-corrected chi connectivity index (χ4v) is 2.93. The minimum Gasteiger partial charge on any atom is -0.461 e. The summed E-state index contributed by atoms with van der Waals surface area (Å²) in [4.78, 5) is 0. The van der Waals surface area contributed by atoms with Gasteiger partial charge in [-0.1, -0.05) is 29.4 Å². The van der Waals surface area contributed by atoms with Gasteiger partial charge in [0, 0.05) is 6.42 Å². The van der Waals surface area contributed by atoms with Gasteiger partial charge in [-0.05, 0) is 77.0 Å².